The van der Waals surface area contributed by atoms with Gasteiger partial charge in [-0.2, -0.15) is 0 Å². The van der Waals surface area contributed by atoms with Crippen LogP contribution in [-0.4, -0.2) is 36.9 Å². The number of hydrogen-bond donors (Lipinski definition) is 2. The van der Waals surface area contributed by atoms with Gasteiger partial charge in [0.2, 0.25) is 0 Å². The number of hydrogen-bond acceptors (Lipinski definition) is 5. The van der Waals surface area contributed by atoms with Crippen LogP contribution in [0, 0.1) is 6.92 Å². The van der Waals surface area contributed by atoms with E-state index < -0.39 is 0 Å². The molecular weight excluding hydrogens is 277 g/mol. The largest absolute Gasteiger partial charge is 0.491 e. The zero-order valence-corrected chi connectivity index (χ0v) is 14.4. The molecule has 5 nitrogen and oxygen atoms in total. The van der Waals surface area contributed by atoms with E-state index in [9.17, 15) is 0 Å². The molecule has 0 radical (unpaired) electrons. The van der Waals surface area contributed by atoms with E-state index in [4.69, 9.17) is 15.0 Å². The molecule has 0 amide bonds. The molecule has 1 aromatic rings. The Labute approximate surface area is 133 Å². The van der Waals surface area contributed by atoms with Gasteiger partial charge >= 0.3 is 7.12 Å². The van der Waals surface area contributed by atoms with E-state index in [0.29, 0.717) is 12.4 Å². The van der Waals surface area contributed by atoms with Gasteiger partial charge in [-0.25, -0.2) is 4.98 Å². The van der Waals surface area contributed by atoms with Gasteiger partial charge in [0.25, 0.3) is 0 Å². The summed E-state index contributed by atoms with van der Waals surface area (Å²) in [5, 5.41) is 3.17. The van der Waals surface area contributed by atoms with Crippen LogP contribution >= 0.6 is 0 Å². The van der Waals surface area contributed by atoms with Crippen molar-refractivity contribution in [3.05, 3.63) is 28.9 Å². The van der Waals surface area contributed by atoms with Crippen LogP contribution < -0.4 is 11.1 Å². The minimum atomic E-state index is -0.365. The van der Waals surface area contributed by atoms with E-state index in [0.717, 1.165) is 16.6 Å². The number of aryl methyl sites for hydroxylation is 1. The lowest BCUT2D eigenvalue weighted by Crippen LogP contribution is -2.41. The molecule has 0 aromatic carbocycles. The molecule has 0 bridgehead atoms. The molecular formula is C16H26BN3O2. The van der Waals surface area contributed by atoms with E-state index in [-0.39, 0.29) is 18.3 Å². The molecule has 1 aliphatic rings. The summed E-state index contributed by atoms with van der Waals surface area (Å²) in [5.41, 5.74) is 8.07. The molecule has 0 atom stereocenters. The van der Waals surface area contributed by atoms with E-state index in [1.54, 1.807) is 6.20 Å². The Kier molecular flexibility index (Phi) is 4.66. The first-order chi connectivity index (χ1) is 10.2. The van der Waals surface area contributed by atoms with Gasteiger partial charge < -0.3 is 20.4 Å². The number of likely N-dealkylation sites (N-methyl/N-ethyl adjacent to an activating group) is 1. The molecule has 0 spiro atoms. The third kappa shape index (κ3) is 3.34. The Hall–Kier alpha value is -1.37. The van der Waals surface area contributed by atoms with Crippen LogP contribution in [-0.2, 0) is 9.31 Å². The molecule has 0 saturated carbocycles. The number of nitrogens with zero attached hydrogens (tertiary/aromatic N) is 1. The Balaban J connectivity index is 2.31. The van der Waals surface area contributed by atoms with E-state index in [1.807, 2.05) is 20.0 Å². The molecule has 6 heteroatoms. The number of rotatable bonds is 4. The summed E-state index contributed by atoms with van der Waals surface area (Å²) in [5.74, 6) is 0.558. The van der Waals surface area contributed by atoms with Gasteiger partial charge in [-0.05, 0) is 64.3 Å². The number of nitrogens with two attached hydrogens (primary N) is 1. The van der Waals surface area contributed by atoms with E-state index >= 15 is 0 Å². The number of anilines is 1. The van der Waals surface area contributed by atoms with Crippen molar-refractivity contribution >= 4 is 19.0 Å². The van der Waals surface area contributed by atoms with Crippen LogP contribution in [0.15, 0.2) is 17.7 Å². The molecule has 1 aliphatic heterocycles. The fourth-order valence-corrected chi connectivity index (χ4v) is 2.30. The van der Waals surface area contributed by atoms with Crippen molar-refractivity contribution in [3.8, 4) is 0 Å². The lowest BCUT2D eigenvalue weighted by molar-refractivity contribution is 0.00578. The average molecular weight is 303 g/mol. The Morgan fingerprint density at radius 2 is 1.91 bits per heavy atom. The molecule has 0 unspecified atom stereocenters. The molecule has 22 heavy (non-hydrogen) atoms. The zero-order chi connectivity index (χ0) is 16.5. The SMILES string of the molecule is CNCC(=Cc1cnc(N)c(C)c1)B1OC(C)(C)C(C)(C)O1. The van der Waals surface area contributed by atoms with Crippen molar-refractivity contribution in [3.63, 3.8) is 0 Å². The standard InChI is InChI=1S/C16H26BN3O2/c1-11-7-12(9-20-14(11)18)8-13(10-19-6)17-21-15(2,3)16(4,5)22-17/h7-9,19H,10H2,1-6H3,(H2,18,20). The first-order valence-corrected chi connectivity index (χ1v) is 7.59. The van der Waals surface area contributed by atoms with Crippen LogP contribution in [0.3, 0.4) is 0 Å². The summed E-state index contributed by atoms with van der Waals surface area (Å²) in [6.45, 7) is 10.8. The van der Waals surface area contributed by atoms with Crippen molar-refractivity contribution in [1.82, 2.24) is 10.3 Å². The number of pyridine rings is 1. The van der Waals surface area contributed by atoms with Crippen LogP contribution in [0.1, 0.15) is 38.8 Å². The molecule has 120 valence electrons. The van der Waals surface area contributed by atoms with E-state index in [1.165, 1.54) is 0 Å². The molecule has 1 saturated heterocycles. The fourth-order valence-electron chi connectivity index (χ4n) is 2.30. The highest BCUT2D eigenvalue weighted by atomic mass is 16.7. The van der Waals surface area contributed by atoms with Crippen molar-refractivity contribution in [2.45, 2.75) is 45.8 Å². The molecule has 2 rings (SSSR count). The minimum Gasteiger partial charge on any atom is -0.400 e. The maximum Gasteiger partial charge on any atom is 0.491 e. The second-order valence-electron chi connectivity index (χ2n) is 6.81. The monoisotopic (exact) mass is 303 g/mol. The second-order valence-corrected chi connectivity index (χ2v) is 6.81. The van der Waals surface area contributed by atoms with Crippen LogP contribution in [0.4, 0.5) is 5.82 Å². The number of aromatic nitrogens is 1. The topological polar surface area (TPSA) is 69.4 Å². The van der Waals surface area contributed by atoms with Crippen LogP contribution in [0.5, 0.6) is 0 Å². The van der Waals surface area contributed by atoms with Crippen molar-refractivity contribution in [1.29, 1.82) is 0 Å². The second kappa shape index (κ2) is 6.03. The van der Waals surface area contributed by atoms with Gasteiger partial charge in [-0.1, -0.05) is 6.08 Å². The quantitative estimate of drug-likeness (QED) is 0.835. The lowest BCUT2D eigenvalue weighted by Gasteiger charge is -2.32. The van der Waals surface area contributed by atoms with E-state index in [2.05, 4.69) is 44.1 Å². The van der Waals surface area contributed by atoms with Gasteiger partial charge in [-0.3, -0.25) is 0 Å². The minimum absolute atomic E-state index is 0.347. The van der Waals surface area contributed by atoms with Crippen LogP contribution in [0.2, 0.25) is 0 Å². The van der Waals surface area contributed by atoms with Gasteiger partial charge in [0, 0.05) is 12.7 Å². The fraction of sp³-hybridized carbons (Fsp3) is 0.562. The highest BCUT2D eigenvalue weighted by Gasteiger charge is 2.52. The highest BCUT2D eigenvalue weighted by molar-refractivity contribution is 6.55. The number of nitrogens with one attached hydrogen (secondary N) is 1. The summed E-state index contributed by atoms with van der Waals surface area (Å²) in [4.78, 5) is 4.21. The smallest absolute Gasteiger partial charge is 0.400 e. The van der Waals surface area contributed by atoms with Gasteiger partial charge in [0.15, 0.2) is 0 Å². The molecule has 2 heterocycles. The van der Waals surface area contributed by atoms with Crippen molar-refractivity contribution in [2.24, 2.45) is 0 Å². The Morgan fingerprint density at radius 3 is 2.41 bits per heavy atom. The maximum atomic E-state index is 6.13. The highest BCUT2D eigenvalue weighted by Crippen LogP contribution is 2.38. The Morgan fingerprint density at radius 1 is 1.32 bits per heavy atom. The van der Waals surface area contributed by atoms with Crippen molar-refractivity contribution < 1.29 is 9.31 Å². The summed E-state index contributed by atoms with van der Waals surface area (Å²) < 4.78 is 12.3. The van der Waals surface area contributed by atoms with Crippen molar-refractivity contribution in [2.75, 3.05) is 19.3 Å². The number of nitrogen functional groups attached to an aromatic ring is 1. The maximum absolute atomic E-state index is 6.13. The van der Waals surface area contributed by atoms with Gasteiger partial charge in [0.05, 0.1) is 11.2 Å². The molecule has 1 fully saturated rings. The third-order valence-electron chi connectivity index (χ3n) is 4.43. The zero-order valence-electron chi connectivity index (χ0n) is 14.4. The summed E-state index contributed by atoms with van der Waals surface area (Å²) >= 11 is 0. The molecule has 3 N–H and O–H groups in total. The first kappa shape index (κ1) is 17.0. The lowest BCUT2D eigenvalue weighted by atomic mass is 9.77. The summed E-state index contributed by atoms with van der Waals surface area (Å²) in [6.07, 6.45) is 3.82. The third-order valence-corrected chi connectivity index (χ3v) is 4.43. The first-order valence-electron chi connectivity index (χ1n) is 7.59. The Bertz CT molecular complexity index is 569. The predicted molar refractivity (Wildman–Crippen MR) is 91.4 cm³/mol. The van der Waals surface area contributed by atoms with Crippen LogP contribution in [0.25, 0.3) is 6.08 Å². The summed E-state index contributed by atoms with van der Waals surface area (Å²) in [7, 11) is 1.54. The molecule has 0 aliphatic carbocycles. The predicted octanol–water partition coefficient (Wildman–Crippen LogP) is 2.21. The normalized spacial score (nSPS) is 20.5. The van der Waals surface area contributed by atoms with Gasteiger partial charge in [0.1, 0.15) is 5.82 Å². The van der Waals surface area contributed by atoms with Gasteiger partial charge in [-0.15, -0.1) is 0 Å². The molecule has 1 aromatic heterocycles. The summed E-state index contributed by atoms with van der Waals surface area (Å²) in [6, 6.07) is 2.02. The average Bonchev–Trinajstić information content (AvgIpc) is 2.62.